The number of hydrogen-bond acceptors (Lipinski definition) is 1. The van der Waals surface area contributed by atoms with Crippen LogP contribution in [0.2, 0.25) is 0 Å². The van der Waals surface area contributed by atoms with Crippen LogP contribution in [0.25, 0.3) is 21.5 Å². The van der Waals surface area contributed by atoms with Crippen molar-refractivity contribution in [1.82, 2.24) is 0 Å². The van der Waals surface area contributed by atoms with Gasteiger partial charge in [0, 0.05) is 32.7 Å². The van der Waals surface area contributed by atoms with Crippen LogP contribution in [0.5, 0.6) is 0 Å². The Hall–Kier alpha value is -0.301. The fraction of sp³-hybridized carbons (Fsp3) is 0.118. The van der Waals surface area contributed by atoms with Gasteiger partial charge < -0.3 is 0 Å². The SMILES string of the molecule is CC(C)(C)S[C]1[CH][CH][CH][C]1P(c1cccc2ccccc12)c1cccc2ccccc12.[CH]1[CH][CH][CH][CH]1.[Cu][Br].[Fe]. The summed E-state index contributed by atoms with van der Waals surface area (Å²) in [6.07, 6.45) is 16.9. The molecule has 10 radical (unpaired) electrons. The van der Waals surface area contributed by atoms with Crippen molar-refractivity contribution in [3.05, 3.63) is 147 Å². The number of thioether (sulfide) groups is 1. The van der Waals surface area contributed by atoms with E-state index in [2.05, 4.69) is 153 Å². The number of benzene rings is 4. The molecule has 0 unspecified atom stereocenters. The molecule has 5 heteroatoms. The Morgan fingerprint density at radius 3 is 1.49 bits per heavy atom. The van der Waals surface area contributed by atoms with Crippen LogP contribution in [-0.2, 0) is 31.3 Å². The van der Waals surface area contributed by atoms with Gasteiger partial charge in [-0.3, -0.25) is 0 Å². The predicted molar refractivity (Wildman–Crippen MR) is 171 cm³/mol. The first kappa shape index (κ1) is 33.2. The zero-order valence-electron chi connectivity index (χ0n) is 22.1. The molecule has 39 heavy (non-hydrogen) atoms. The van der Waals surface area contributed by atoms with E-state index in [1.807, 2.05) is 43.9 Å². The molecular formula is C34H31BrCuFePS. The minimum Gasteiger partial charge on any atom is 0 e. The first-order valence-corrected chi connectivity index (χ1v) is 17.0. The number of fused-ring (bicyclic) bond motifs is 2. The van der Waals surface area contributed by atoms with Gasteiger partial charge in [0.15, 0.2) is 0 Å². The van der Waals surface area contributed by atoms with Gasteiger partial charge in [-0.1, -0.05) is 106 Å². The topological polar surface area (TPSA) is 0 Å². The van der Waals surface area contributed by atoms with E-state index in [9.17, 15) is 0 Å². The second-order valence-corrected chi connectivity index (χ2v) is 13.8. The standard InChI is InChI=1S/C29H26PS.C5H5.BrH.Cu.Fe/c1-29(2,3)31-28-20-10-19-27(28)30(25-17-8-13-21-11-4-6-15-23(21)25)26-18-9-14-22-12-5-7-16-24(22)26;1-2-4-5-3-1;;;/h4-20H,1-3H3;1-5H;1H;;/q;;;+1;/p-1. The second kappa shape index (κ2) is 16.4. The smallest absolute Gasteiger partial charge is 0 e. The van der Waals surface area contributed by atoms with Crippen molar-refractivity contribution in [2.24, 2.45) is 0 Å². The molecule has 0 saturated heterocycles. The van der Waals surface area contributed by atoms with E-state index in [1.54, 1.807) is 0 Å². The van der Waals surface area contributed by atoms with Crippen molar-refractivity contribution < 1.29 is 31.3 Å². The van der Waals surface area contributed by atoms with Gasteiger partial charge in [0.25, 0.3) is 0 Å². The summed E-state index contributed by atoms with van der Waals surface area (Å²) < 4.78 is 0.168. The maximum atomic E-state index is 4.00. The molecule has 0 N–H and O–H groups in total. The molecule has 4 aromatic carbocycles. The molecule has 2 saturated carbocycles. The normalized spacial score (nSPS) is 16.0. The molecule has 0 nitrogen and oxygen atoms in total. The summed E-state index contributed by atoms with van der Waals surface area (Å²) in [5, 5.41) is 9.61. The first-order chi connectivity index (χ1) is 18.5. The minimum absolute atomic E-state index is 0. The van der Waals surface area contributed by atoms with Gasteiger partial charge in [0.2, 0.25) is 0 Å². The molecule has 4 aromatic rings. The van der Waals surface area contributed by atoms with E-state index in [0.29, 0.717) is 0 Å². The largest absolute Gasteiger partial charge is 0 e. The second-order valence-electron chi connectivity index (χ2n) is 9.78. The summed E-state index contributed by atoms with van der Waals surface area (Å²) >= 11 is 8.48. The minimum atomic E-state index is -0.703. The third-order valence-electron chi connectivity index (χ3n) is 5.98. The van der Waals surface area contributed by atoms with Gasteiger partial charge in [-0.25, -0.2) is 0 Å². The Bertz CT molecular complexity index is 1210. The summed E-state index contributed by atoms with van der Waals surface area (Å²) in [7, 11) is -0.703. The maximum absolute atomic E-state index is 4.00. The van der Waals surface area contributed by atoms with Gasteiger partial charge in [-0.15, -0.1) is 11.8 Å². The fourth-order valence-corrected chi connectivity index (χ4v) is 8.57. The number of hydrogen-bond donors (Lipinski definition) is 0. The van der Waals surface area contributed by atoms with Crippen LogP contribution in [0.4, 0.5) is 0 Å². The third kappa shape index (κ3) is 8.85. The Morgan fingerprint density at radius 2 is 1.03 bits per heavy atom. The van der Waals surface area contributed by atoms with Crippen LogP contribution in [0, 0.1) is 62.3 Å². The van der Waals surface area contributed by atoms with Gasteiger partial charge in [0.1, 0.15) is 0 Å². The van der Waals surface area contributed by atoms with E-state index in [4.69, 9.17) is 0 Å². The van der Waals surface area contributed by atoms with E-state index < -0.39 is 7.92 Å². The van der Waals surface area contributed by atoms with Crippen LogP contribution in [-0.4, -0.2) is 4.75 Å². The molecule has 0 amide bonds. The van der Waals surface area contributed by atoms with Crippen LogP contribution in [0.15, 0.2) is 84.9 Å². The molecule has 204 valence electrons. The molecule has 2 aliphatic carbocycles. The molecule has 0 spiro atoms. The van der Waals surface area contributed by atoms with Gasteiger partial charge in [0.05, 0.1) is 0 Å². The molecule has 0 heterocycles. The van der Waals surface area contributed by atoms with Crippen LogP contribution >= 0.6 is 33.8 Å². The first-order valence-electron chi connectivity index (χ1n) is 12.5. The van der Waals surface area contributed by atoms with Crippen molar-refractivity contribution in [2.45, 2.75) is 25.5 Å². The molecule has 0 atom stereocenters. The van der Waals surface area contributed by atoms with Gasteiger partial charge in [-0.05, 0) is 91.4 Å². The van der Waals surface area contributed by atoms with Crippen molar-refractivity contribution in [3.8, 4) is 0 Å². The van der Waals surface area contributed by atoms with E-state index >= 15 is 0 Å². The summed E-state index contributed by atoms with van der Waals surface area (Å²) in [6, 6.07) is 31.2. The van der Waals surface area contributed by atoms with Crippen molar-refractivity contribution in [1.29, 1.82) is 0 Å². The number of halogens is 1. The molecule has 2 aliphatic rings. The van der Waals surface area contributed by atoms with Crippen LogP contribution < -0.4 is 10.6 Å². The molecule has 0 aromatic heterocycles. The van der Waals surface area contributed by atoms with Crippen LogP contribution in [0.1, 0.15) is 20.8 Å². The van der Waals surface area contributed by atoms with Gasteiger partial charge >= 0.3 is 28.3 Å². The summed E-state index contributed by atoms with van der Waals surface area (Å²) in [4.78, 5) is 0. The average molecular weight is 702 g/mol. The van der Waals surface area contributed by atoms with E-state index in [1.165, 1.54) is 43.1 Å². The fourth-order valence-electron chi connectivity index (χ4n) is 4.51. The van der Waals surface area contributed by atoms with Crippen LogP contribution in [0.3, 0.4) is 0 Å². The van der Waals surface area contributed by atoms with Crippen molar-refractivity contribution >= 4 is 65.9 Å². The summed E-state index contributed by atoms with van der Waals surface area (Å²) in [6.45, 7) is 6.89. The summed E-state index contributed by atoms with van der Waals surface area (Å²) in [5.41, 5.74) is 1.46. The Kier molecular flexibility index (Phi) is 13.9. The van der Waals surface area contributed by atoms with Gasteiger partial charge in [-0.2, -0.15) is 0 Å². The molecule has 0 aliphatic heterocycles. The molecule has 6 rings (SSSR count). The molecule has 2 fully saturated rings. The molecular weight excluding hydrogens is 671 g/mol. The van der Waals surface area contributed by atoms with E-state index in [0.717, 1.165) is 0 Å². The maximum Gasteiger partial charge on any atom is 0 e. The number of rotatable bonds is 4. The zero-order chi connectivity index (χ0) is 27.0. The quantitative estimate of drug-likeness (QED) is 0.151. The third-order valence-corrected chi connectivity index (χ3v) is 9.94. The Morgan fingerprint density at radius 1 is 0.590 bits per heavy atom. The van der Waals surface area contributed by atoms with Crippen molar-refractivity contribution in [3.63, 3.8) is 0 Å². The van der Waals surface area contributed by atoms with E-state index in [-0.39, 0.29) is 21.8 Å². The average Bonchev–Trinajstić information content (AvgIpc) is 3.66. The van der Waals surface area contributed by atoms with Crippen molar-refractivity contribution in [2.75, 3.05) is 0 Å². The monoisotopic (exact) mass is 700 g/mol. The predicted octanol–water partition coefficient (Wildman–Crippen LogP) is 9.51. The molecule has 0 bridgehead atoms. The Balaban J connectivity index is 0.000000466. The zero-order valence-corrected chi connectivity index (χ0v) is 27.4. The Labute approximate surface area is 268 Å². The summed E-state index contributed by atoms with van der Waals surface area (Å²) in [5.74, 6) is 0.